The monoisotopic (exact) mass is 494 g/mol. The molecule has 0 aromatic heterocycles. The van der Waals surface area contributed by atoms with Crippen molar-refractivity contribution < 1.29 is 13.2 Å². The van der Waals surface area contributed by atoms with E-state index in [2.05, 4.69) is 15.6 Å². The summed E-state index contributed by atoms with van der Waals surface area (Å²) in [6.45, 7) is 4.81. The van der Waals surface area contributed by atoms with Crippen LogP contribution in [0.2, 0.25) is 0 Å². The highest BCUT2D eigenvalue weighted by Gasteiger charge is 2.40. The molecule has 0 spiro atoms. The van der Waals surface area contributed by atoms with Crippen molar-refractivity contribution in [2.45, 2.75) is 25.1 Å². The van der Waals surface area contributed by atoms with Crippen molar-refractivity contribution in [1.29, 1.82) is 0 Å². The molecule has 0 radical (unpaired) electrons. The lowest BCUT2D eigenvalue weighted by molar-refractivity contribution is 0.0963. The number of guanidine groups is 1. The van der Waals surface area contributed by atoms with Crippen LogP contribution in [0.15, 0.2) is 29.3 Å². The summed E-state index contributed by atoms with van der Waals surface area (Å²) < 4.78 is 23.5. The number of amides is 1. The Bertz CT molecular complexity index is 778. The first kappa shape index (κ1) is 22.7. The van der Waals surface area contributed by atoms with Gasteiger partial charge >= 0.3 is 0 Å². The number of sulfone groups is 1. The topological polar surface area (TPSA) is 90.9 Å². The van der Waals surface area contributed by atoms with Crippen molar-refractivity contribution in [2.24, 2.45) is 4.99 Å². The molecule has 1 fully saturated rings. The van der Waals surface area contributed by atoms with E-state index in [9.17, 15) is 13.2 Å². The fourth-order valence-corrected chi connectivity index (χ4v) is 4.17. The summed E-state index contributed by atoms with van der Waals surface area (Å²) in [6.07, 6.45) is 0. The lowest BCUT2D eigenvalue weighted by Gasteiger charge is -2.39. The number of aliphatic imine (C=N–C) groups is 1. The molecular formula is C17H27IN4O3S. The van der Waals surface area contributed by atoms with Gasteiger partial charge in [-0.1, -0.05) is 12.1 Å². The first-order valence-electron chi connectivity index (χ1n) is 8.19. The number of nitrogens with zero attached hydrogens (tertiary/aromatic N) is 2. The molecule has 26 heavy (non-hydrogen) atoms. The Kier molecular flexibility index (Phi) is 7.87. The summed E-state index contributed by atoms with van der Waals surface area (Å²) in [5.41, 5.74) is 1.55. The van der Waals surface area contributed by atoms with Crippen LogP contribution in [-0.4, -0.2) is 62.9 Å². The van der Waals surface area contributed by atoms with Crippen molar-refractivity contribution in [1.82, 2.24) is 15.5 Å². The Morgan fingerprint density at radius 2 is 2.04 bits per heavy atom. The summed E-state index contributed by atoms with van der Waals surface area (Å²) >= 11 is 0. The Morgan fingerprint density at radius 1 is 1.35 bits per heavy atom. The highest BCUT2D eigenvalue weighted by Crippen LogP contribution is 2.23. The summed E-state index contributed by atoms with van der Waals surface area (Å²) in [5.74, 6) is 0.648. The predicted octanol–water partition coefficient (Wildman–Crippen LogP) is 1.25. The van der Waals surface area contributed by atoms with Gasteiger partial charge in [0.25, 0.3) is 5.91 Å². The predicted molar refractivity (Wildman–Crippen MR) is 115 cm³/mol. The lowest BCUT2D eigenvalue weighted by Crippen LogP contribution is -2.57. The minimum Gasteiger partial charge on any atom is -0.355 e. The molecule has 1 aliphatic rings. The third-order valence-corrected chi connectivity index (χ3v) is 6.95. The van der Waals surface area contributed by atoms with Crippen LogP contribution in [-0.2, 0) is 16.4 Å². The molecule has 1 heterocycles. The standard InChI is InChI=1S/C17H26N4O3S.HI/c1-17(2)12-21(8-9-25(17,23)24)16(19-4)20-11-13-6-5-7-14(10-13)15(22)18-3;/h5-7,10H,8-9,11-12H2,1-4H3,(H,18,22)(H,19,20);1H. The van der Waals surface area contributed by atoms with Gasteiger partial charge in [0.2, 0.25) is 0 Å². The van der Waals surface area contributed by atoms with E-state index in [0.717, 1.165) is 5.56 Å². The molecule has 0 saturated carbocycles. The van der Waals surface area contributed by atoms with Crippen LogP contribution >= 0.6 is 24.0 Å². The van der Waals surface area contributed by atoms with Gasteiger partial charge in [-0.2, -0.15) is 0 Å². The molecule has 2 N–H and O–H groups in total. The molecule has 7 nitrogen and oxygen atoms in total. The molecular weight excluding hydrogens is 467 g/mol. The zero-order valence-electron chi connectivity index (χ0n) is 15.6. The second-order valence-electron chi connectivity index (χ2n) is 6.68. The van der Waals surface area contributed by atoms with Gasteiger partial charge in [-0.25, -0.2) is 8.42 Å². The van der Waals surface area contributed by atoms with Crippen LogP contribution in [0, 0.1) is 0 Å². The van der Waals surface area contributed by atoms with Gasteiger partial charge in [-0.05, 0) is 31.5 Å². The number of rotatable bonds is 3. The minimum atomic E-state index is -3.09. The molecule has 1 saturated heterocycles. The van der Waals surface area contributed by atoms with E-state index in [-0.39, 0.29) is 35.6 Å². The summed E-state index contributed by atoms with van der Waals surface area (Å²) in [4.78, 5) is 18.0. The van der Waals surface area contributed by atoms with Crippen molar-refractivity contribution >= 4 is 45.7 Å². The maximum atomic E-state index is 12.1. The second-order valence-corrected chi connectivity index (χ2v) is 9.42. The van der Waals surface area contributed by atoms with E-state index >= 15 is 0 Å². The molecule has 0 atom stereocenters. The van der Waals surface area contributed by atoms with Crippen LogP contribution in [0.4, 0.5) is 0 Å². The summed E-state index contributed by atoms with van der Waals surface area (Å²) in [6, 6.07) is 7.34. The fourth-order valence-electron chi connectivity index (χ4n) is 2.80. The second kappa shape index (κ2) is 9.03. The summed E-state index contributed by atoms with van der Waals surface area (Å²) in [7, 11) is 0.189. The van der Waals surface area contributed by atoms with Gasteiger partial charge in [-0.3, -0.25) is 9.79 Å². The Hall–Kier alpha value is -1.36. The van der Waals surface area contributed by atoms with Gasteiger partial charge < -0.3 is 15.5 Å². The number of hydrogen-bond acceptors (Lipinski definition) is 4. The van der Waals surface area contributed by atoms with Gasteiger partial charge in [0.05, 0.1) is 10.5 Å². The lowest BCUT2D eigenvalue weighted by atomic mass is 10.1. The maximum absolute atomic E-state index is 12.1. The smallest absolute Gasteiger partial charge is 0.251 e. The Balaban J connectivity index is 0.00000338. The van der Waals surface area contributed by atoms with E-state index in [0.29, 0.717) is 31.2 Å². The summed E-state index contributed by atoms with van der Waals surface area (Å²) in [5, 5.41) is 5.86. The van der Waals surface area contributed by atoms with Crippen LogP contribution in [0.25, 0.3) is 0 Å². The Morgan fingerprint density at radius 3 is 2.62 bits per heavy atom. The number of hydrogen-bond donors (Lipinski definition) is 2. The Labute approximate surface area is 172 Å². The molecule has 146 valence electrons. The maximum Gasteiger partial charge on any atom is 0.251 e. The molecule has 0 bridgehead atoms. The third kappa shape index (κ3) is 5.09. The first-order valence-corrected chi connectivity index (χ1v) is 9.84. The van der Waals surface area contributed by atoms with Gasteiger partial charge in [0.15, 0.2) is 15.8 Å². The highest BCUT2D eigenvalue weighted by molar-refractivity contribution is 14.0. The van der Waals surface area contributed by atoms with Crippen LogP contribution in [0.3, 0.4) is 0 Å². The molecule has 2 rings (SSSR count). The normalized spacial score (nSPS) is 18.6. The van der Waals surface area contributed by atoms with Crippen molar-refractivity contribution in [2.75, 3.05) is 32.9 Å². The number of carbonyl (C=O) groups is 1. The van der Waals surface area contributed by atoms with Crippen LogP contribution in [0.1, 0.15) is 29.8 Å². The molecule has 1 aromatic rings. The fraction of sp³-hybridized carbons (Fsp3) is 0.529. The van der Waals surface area contributed by atoms with Crippen molar-refractivity contribution in [3.05, 3.63) is 35.4 Å². The van der Waals surface area contributed by atoms with Crippen molar-refractivity contribution in [3.8, 4) is 0 Å². The molecule has 1 aromatic carbocycles. The van der Waals surface area contributed by atoms with Gasteiger partial charge in [0, 0.05) is 39.3 Å². The molecule has 9 heteroatoms. The van der Waals surface area contributed by atoms with E-state index in [1.807, 2.05) is 23.1 Å². The molecule has 0 unspecified atom stereocenters. The van der Waals surface area contributed by atoms with Gasteiger partial charge in [-0.15, -0.1) is 24.0 Å². The quantitative estimate of drug-likeness (QED) is 0.375. The number of carbonyl (C=O) groups excluding carboxylic acids is 1. The number of halogens is 1. The van der Waals surface area contributed by atoms with Gasteiger partial charge in [0.1, 0.15) is 0 Å². The van der Waals surface area contributed by atoms with Crippen LogP contribution in [0.5, 0.6) is 0 Å². The minimum absolute atomic E-state index is 0. The number of nitrogens with one attached hydrogen (secondary N) is 2. The zero-order chi connectivity index (χ0) is 18.7. The van der Waals surface area contributed by atoms with E-state index in [1.54, 1.807) is 34.0 Å². The largest absolute Gasteiger partial charge is 0.355 e. The SMILES string of the molecule is CN=C(NCc1cccc(C(=O)NC)c1)N1CCS(=O)(=O)C(C)(C)C1.I. The first-order chi connectivity index (χ1) is 11.7. The molecule has 1 aliphatic heterocycles. The van der Waals surface area contributed by atoms with Crippen molar-refractivity contribution in [3.63, 3.8) is 0 Å². The van der Waals surface area contributed by atoms with E-state index in [1.165, 1.54) is 0 Å². The van der Waals surface area contributed by atoms with E-state index < -0.39 is 14.6 Å². The van der Waals surface area contributed by atoms with Crippen LogP contribution < -0.4 is 10.6 Å². The average molecular weight is 494 g/mol. The third-order valence-electron chi connectivity index (χ3n) is 4.42. The number of benzene rings is 1. The molecule has 0 aliphatic carbocycles. The zero-order valence-corrected chi connectivity index (χ0v) is 18.7. The average Bonchev–Trinajstić information content (AvgIpc) is 2.58. The highest BCUT2D eigenvalue weighted by atomic mass is 127. The van der Waals surface area contributed by atoms with E-state index in [4.69, 9.17) is 0 Å². The molecule has 1 amide bonds.